The number of amides is 2. The summed E-state index contributed by atoms with van der Waals surface area (Å²) in [6, 6.07) is 17.1. The second-order valence-electron chi connectivity index (χ2n) is 5.42. The van der Waals surface area contributed by atoms with Gasteiger partial charge in [-0.2, -0.15) is 0 Å². The summed E-state index contributed by atoms with van der Waals surface area (Å²) >= 11 is 0. The minimum absolute atomic E-state index is 0.0627. The van der Waals surface area contributed by atoms with Crippen LogP contribution in [0.25, 0.3) is 0 Å². The summed E-state index contributed by atoms with van der Waals surface area (Å²) in [6.45, 7) is 2.04. The van der Waals surface area contributed by atoms with E-state index in [1.807, 2.05) is 42.5 Å². The lowest BCUT2D eigenvalue weighted by atomic mass is 10.1. The van der Waals surface area contributed by atoms with Gasteiger partial charge in [0.05, 0.1) is 0 Å². The molecular weight excluding hydrogens is 276 g/mol. The van der Waals surface area contributed by atoms with Gasteiger partial charge in [0.1, 0.15) is 6.04 Å². The molecule has 1 atom stereocenters. The Morgan fingerprint density at radius 2 is 1.77 bits per heavy atom. The molecule has 112 valence electrons. The first kappa shape index (κ1) is 14.3. The van der Waals surface area contributed by atoms with Gasteiger partial charge >= 0.3 is 0 Å². The fourth-order valence-electron chi connectivity index (χ4n) is 2.84. The molecule has 0 bridgehead atoms. The number of anilines is 1. The quantitative estimate of drug-likeness (QED) is 0.941. The van der Waals surface area contributed by atoms with E-state index in [1.54, 1.807) is 4.90 Å². The van der Waals surface area contributed by atoms with Gasteiger partial charge in [-0.3, -0.25) is 9.59 Å². The van der Waals surface area contributed by atoms with E-state index < -0.39 is 6.04 Å². The van der Waals surface area contributed by atoms with Crippen LogP contribution in [0.3, 0.4) is 0 Å². The molecule has 1 N–H and O–H groups in total. The third-order valence-corrected chi connectivity index (χ3v) is 3.87. The van der Waals surface area contributed by atoms with Crippen molar-refractivity contribution in [2.45, 2.75) is 19.4 Å². The zero-order valence-corrected chi connectivity index (χ0v) is 12.5. The van der Waals surface area contributed by atoms with Crippen molar-refractivity contribution in [3.8, 4) is 0 Å². The first-order valence-corrected chi connectivity index (χ1v) is 7.38. The standard InChI is InChI=1S/C18H18N2O2/c1-13(21)19-17-15-9-5-6-10-16(15)20(18(17)22)12-11-14-7-3-2-4-8-14/h2-10,17H,11-12H2,1H3,(H,19,21)/t17-/m1/s1. The number of carbonyl (C=O) groups is 2. The minimum atomic E-state index is -0.565. The van der Waals surface area contributed by atoms with Crippen LogP contribution in [0.2, 0.25) is 0 Å². The molecule has 0 radical (unpaired) electrons. The number of hydrogen-bond donors (Lipinski definition) is 1. The fraction of sp³-hybridized carbons (Fsp3) is 0.222. The van der Waals surface area contributed by atoms with Crippen molar-refractivity contribution in [3.63, 3.8) is 0 Å². The first-order valence-electron chi connectivity index (χ1n) is 7.38. The van der Waals surface area contributed by atoms with Gasteiger partial charge in [-0.25, -0.2) is 0 Å². The molecule has 0 saturated carbocycles. The molecule has 2 aromatic carbocycles. The molecule has 0 spiro atoms. The molecule has 0 saturated heterocycles. The van der Waals surface area contributed by atoms with Crippen LogP contribution in [0.15, 0.2) is 54.6 Å². The van der Waals surface area contributed by atoms with Gasteiger partial charge in [-0.15, -0.1) is 0 Å². The third-order valence-electron chi connectivity index (χ3n) is 3.87. The van der Waals surface area contributed by atoms with E-state index in [2.05, 4.69) is 17.4 Å². The summed E-state index contributed by atoms with van der Waals surface area (Å²) in [5.74, 6) is -0.259. The SMILES string of the molecule is CC(=O)N[C@H]1C(=O)N(CCc2ccccc2)c2ccccc21. The summed E-state index contributed by atoms with van der Waals surface area (Å²) in [6.07, 6.45) is 0.785. The van der Waals surface area contributed by atoms with Crippen LogP contribution in [0.5, 0.6) is 0 Å². The highest BCUT2D eigenvalue weighted by Crippen LogP contribution is 2.35. The van der Waals surface area contributed by atoms with E-state index in [0.29, 0.717) is 6.54 Å². The van der Waals surface area contributed by atoms with Crippen molar-refractivity contribution in [2.24, 2.45) is 0 Å². The summed E-state index contributed by atoms with van der Waals surface area (Å²) in [4.78, 5) is 25.8. The van der Waals surface area contributed by atoms with Crippen LogP contribution < -0.4 is 10.2 Å². The van der Waals surface area contributed by atoms with E-state index in [9.17, 15) is 9.59 Å². The Labute approximate surface area is 129 Å². The summed E-state index contributed by atoms with van der Waals surface area (Å²) in [7, 11) is 0. The Bertz CT molecular complexity index is 697. The highest BCUT2D eigenvalue weighted by Gasteiger charge is 2.37. The van der Waals surface area contributed by atoms with Crippen molar-refractivity contribution in [1.82, 2.24) is 5.32 Å². The molecule has 1 aliphatic heterocycles. The van der Waals surface area contributed by atoms with E-state index in [1.165, 1.54) is 12.5 Å². The van der Waals surface area contributed by atoms with E-state index in [-0.39, 0.29) is 11.8 Å². The maximum atomic E-state index is 12.6. The molecule has 4 heteroatoms. The van der Waals surface area contributed by atoms with Gasteiger partial charge < -0.3 is 10.2 Å². The molecular formula is C18H18N2O2. The molecule has 0 fully saturated rings. The van der Waals surface area contributed by atoms with E-state index >= 15 is 0 Å². The molecule has 22 heavy (non-hydrogen) atoms. The van der Waals surface area contributed by atoms with E-state index in [0.717, 1.165) is 17.7 Å². The molecule has 4 nitrogen and oxygen atoms in total. The number of rotatable bonds is 4. The predicted molar refractivity (Wildman–Crippen MR) is 85.5 cm³/mol. The lowest BCUT2D eigenvalue weighted by molar-refractivity contribution is -0.126. The normalized spacial score (nSPS) is 16.5. The monoisotopic (exact) mass is 294 g/mol. The van der Waals surface area contributed by atoms with Gasteiger partial charge in [0.2, 0.25) is 5.91 Å². The van der Waals surface area contributed by atoms with Crippen molar-refractivity contribution in [1.29, 1.82) is 0 Å². The molecule has 2 aromatic rings. The number of nitrogens with one attached hydrogen (secondary N) is 1. The molecule has 2 amide bonds. The average molecular weight is 294 g/mol. The summed E-state index contributed by atoms with van der Waals surface area (Å²) in [5, 5.41) is 2.75. The van der Waals surface area contributed by atoms with Gasteiger partial charge in [0, 0.05) is 24.7 Å². The van der Waals surface area contributed by atoms with Crippen LogP contribution in [0, 0.1) is 0 Å². The van der Waals surface area contributed by atoms with Crippen LogP contribution in [0.1, 0.15) is 24.1 Å². The smallest absolute Gasteiger partial charge is 0.254 e. The van der Waals surface area contributed by atoms with E-state index in [4.69, 9.17) is 0 Å². The highest BCUT2D eigenvalue weighted by molar-refractivity contribution is 6.06. The van der Waals surface area contributed by atoms with Crippen LogP contribution in [0.4, 0.5) is 5.69 Å². The van der Waals surface area contributed by atoms with Crippen molar-refractivity contribution in [3.05, 3.63) is 65.7 Å². The summed E-state index contributed by atoms with van der Waals surface area (Å²) in [5.41, 5.74) is 2.95. The van der Waals surface area contributed by atoms with Gasteiger partial charge in [-0.05, 0) is 18.1 Å². The molecule has 0 unspecified atom stereocenters. The predicted octanol–water partition coefficient (Wildman–Crippen LogP) is 2.45. The Kier molecular flexibility index (Phi) is 3.92. The van der Waals surface area contributed by atoms with Crippen molar-refractivity contribution in [2.75, 3.05) is 11.4 Å². The molecule has 0 aromatic heterocycles. The van der Waals surface area contributed by atoms with Crippen LogP contribution in [-0.2, 0) is 16.0 Å². The molecule has 3 rings (SSSR count). The lowest BCUT2D eigenvalue weighted by Crippen LogP contribution is -2.37. The number of benzene rings is 2. The van der Waals surface area contributed by atoms with Crippen LogP contribution >= 0.6 is 0 Å². The van der Waals surface area contributed by atoms with Gasteiger partial charge in [-0.1, -0.05) is 48.5 Å². The number of hydrogen-bond acceptors (Lipinski definition) is 2. The van der Waals surface area contributed by atoms with Gasteiger partial charge in [0.25, 0.3) is 5.91 Å². The second kappa shape index (κ2) is 6.02. The Morgan fingerprint density at radius 3 is 2.50 bits per heavy atom. The number of para-hydroxylation sites is 1. The van der Waals surface area contributed by atoms with Crippen LogP contribution in [-0.4, -0.2) is 18.4 Å². The van der Waals surface area contributed by atoms with Gasteiger partial charge in [0.15, 0.2) is 0 Å². The lowest BCUT2D eigenvalue weighted by Gasteiger charge is -2.18. The maximum absolute atomic E-state index is 12.6. The fourth-order valence-corrected chi connectivity index (χ4v) is 2.84. The largest absolute Gasteiger partial charge is 0.341 e. The second-order valence-corrected chi connectivity index (χ2v) is 5.42. The number of carbonyl (C=O) groups excluding carboxylic acids is 2. The topological polar surface area (TPSA) is 49.4 Å². The Hall–Kier alpha value is -2.62. The van der Waals surface area contributed by atoms with Crippen molar-refractivity contribution >= 4 is 17.5 Å². The molecule has 1 heterocycles. The molecule has 1 aliphatic rings. The average Bonchev–Trinajstić information content (AvgIpc) is 2.78. The third kappa shape index (κ3) is 2.72. The zero-order chi connectivity index (χ0) is 15.5. The minimum Gasteiger partial charge on any atom is -0.341 e. The highest BCUT2D eigenvalue weighted by atomic mass is 16.2. The number of fused-ring (bicyclic) bond motifs is 1. The summed E-state index contributed by atoms with van der Waals surface area (Å²) < 4.78 is 0. The Balaban J connectivity index is 1.82. The molecule has 0 aliphatic carbocycles. The number of nitrogens with zero attached hydrogens (tertiary/aromatic N) is 1. The van der Waals surface area contributed by atoms with Crippen molar-refractivity contribution < 1.29 is 9.59 Å². The zero-order valence-electron chi connectivity index (χ0n) is 12.5. The Morgan fingerprint density at radius 1 is 1.09 bits per heavy atom. The first-order chi connectivity index (χ1) is 10.7. The maximum Gasteiger partial charge on any atom is 0.254 e.